The number of hydrogen-bond donors (Lipinski definition) is 2. The minimum Gasteiger partial charge on any atom is -0.494 e. The van der Waals surface area contributed by atoms with Crippen LogP contribution in [0.25, 0.3) is 0 Å². The Balaban J connectivity index is 2.10. The molecule has 0 saturated heterocycles. The molecule has 8 nitrogen and oxygen atoms in total. The summed E-state index contributed by atoms with van der Waals surface area (Å²) in [5.41, 5.74) is 0.791. The SMILES string of the molecule is CCOC(=O)C1=C(COC(=O)Cc2ccc(OC)c(F)c2)NC(=O)N[C@@H]1CC. The van der Waals surface area contributed by atoms with Gasteiger partial charge in [0.15, 0.2) is 11.6 Å². The number of nitrogens with one attached hydrogen (secondary N) is 2. The fraction of sp³-hybridized carbons (Fsp3) is 0.421. The van der Waals surface area contributed by atoms with Gasteiger partial charge in [0.05, 0.1) is 37.4 Å². The summed E-state index contributed by atoms with van der Waals surface area (Å²) in [6.07, 6.45) is 0.288. The normalized spacial score (nSPS) is 16.1. The smallest absolute Gasteiger partial charge is 0.338 e. The van der Waals surface area contributed by atoms with E-state index in [0.29, 0.717) is 12.0 Å². The van der Waals surface area contributed by atoms with Crippen LogP contribution in [-0.2, 0) is 25.5 Å². The second-order valence-electron chi connectivity index (χ2n) is 5.98. The lowest BCUT2D eigenvalue weighted by molar-refractivity contribution is -0.143. The highest BCUT2D eigenvalue weighted by atomic mass is 19.1. The maximum Gasteiger partial charge on any atom is 0.338 e. The minimum absolute atomic E-state index is 0.0735. The molecule has 1 atom stereocenters. The standard InChI is InChI=1S/C19H23FN2O6/c1-4-13-17(18(24)27-5-2)14(22-19(25)21-13)10-28-16(23)9-11-6-7-15(26-3)12(20)8-11/h6-8,13H,4-5,9-10H2,1-3H3,(H2,21,22,25)/t13-/m1/s1. The molecule has 2 N–H and O–H groups in total. The van der Waals surface area contributed by atoms with Crippen LogP contribution >= 0.6 is 0 Å². The van der Waals surface area contributed by atoms with Crippen molar-refractivity contribution in [2.24, 2.45) is 0 Å². The van der Waals surface area contributed by atoms with Gasteiger partial charge >= 0.3 is 18.0 Å². The van der Waals surface area contributed by atoms with Crippen molar-refractivity contribution in [3.63, 3.8) is 0 Å². The zero-order valence-electron chi connectivity index (χ0n) is 16.0. The lowest BCUT2D eigenvalue weighted by Crippen LogP contribution is -2.51. The van der Waals surface area contributed by atoms with Gasteiger partial charge in [0.25, 0.3) is 0 Å². The van der Waals surface area contributed by atoms with Crippen molar-refractivity contribution < 1.29 is 33.0 Å². The van der Waals surface area contributed by atoms with Crippen LogP contribution in [-0.4, -0.2) is 44.3 Å². The first-order chi connectivity index (χ1) is 13.4. The lowest BCUT2D eigenvalue weighted by atomic mass is 10.0. The van der Waals surface area contributed by atoms with Crippen molar-refractivity contribution in [1.29, 1.82) is 0 Å². The van der Waals surface area contributed by atoms with Crippen molar-refractivity contribution in [2.45, 2.75) is 32.7 Å². The summed E-state index contributed by atoms with van der Waals surface area (Å²) in [5.74, 6) is -1.74. The molecule has 2 rings (SSSR count). The summed E-state index contributed by atoms with van der Waals surface area (Å²) >= 11 is 0. The van der Waals surface area contributed by atoms with Crippen LogP contribution in [0.2, 0.25) is 0 Å². The van der Waals surface area contributed by atoms with Gasteiger partial charge in [-0.3, -0.25) is 4.79 Å². The molecule has 0 unspecified atom stereocenters. The predicted octanol–water partition coefficient (Wildman–Crippen LogP) is 1.83. The first-order valence-electron chi connectivity index (χ1n) is 8.85. The Morgan fingerprint density at radius 2 is 1.96 bits per heavy atom. The highest BCUT2D eigenvalue weighted by Gasteiger charge is 2.32. The summed E-state index contributed by atoms with van der Waals surface area (Å²) in [7, 11) is 1.35. The van der Waals surface area contributed by atoms with E-state index in [9.17, 15) is 18.8 Å². The van der Waals surface area contributed by atoms with E-state index < -0.39 is 29.8 Å². The summed E-state index contributed by atoms with van der Waals surface area (Å²) in [5, 5.41) is 5.12. The largest absolute Gasteiger partial charge is 0.494 e. The number of hydrogen-bond acceptors (Lipinski definition) is 6. The lowest BCUT2D eigenvalue weighted by Gasteiger charge is -2.28. The molecule has 0 bridgehead atoms. The molecular formula is C19H23FN2O6. The monoisotopic (exact) mass is 394 g/mol. The number of urea groups is 1. The molecule has 152 valence electrons. The number of carbonyl (C=O) groups excluding carboxylic acids is 3. The van der Waals surface area contributed by atoms with E-state index in [1.807, 2.05) is 0 Å². The van der Waals surface area contributed by atoms with Crippen LogP contribution in [0, 0.1) is 5.82 Å². The summed E-state index contributed by atoms with van der Waals surface area (Å²) in [6.45, 7) is 3.33. The van der Waals surface area contributed by atoms with E-state index in [4.69, 9.17) is 14.2 Å². The Morgan fingerprint density at radius 1 is 1.21 bits per heavy atom. The Kier molecular flexibility index (Phi) is 7.36. The highest BCUT2D eigenvalue weighted by Crippen LogP contribution is 2.19. The van der Waals surface area contributed by atoms with Crippen LogP contribution in [0.15, 0.2) is 29.5 Å². The molecule has 28 heavy (non-hydrogen) atoms. The molecule has 0 spiro atoms. The van der Waals surface area contributed by atoms with Crippen LogP contribution in [0.4, 0.5) is 9.18 Å². The number of amides is 2. The third-order valence-electron chi connectivity index (χ3n) is 4.09. The number of ether oxygens (including phenoxy) is 3. The molecule has 0 aliphatic carbocycles. The predicted molar refractivity (Wildman–Crippen MR) is 97.0 cm³/mol. The first kappa shape index (κ1) is 21.2. The number of esters is 2. The van der Waals surface area contributed by atoms with Crippen molar-refractivity contribution in [2.75, 3.05) is 20.3 Å². The topological polar surface area (TPSA) is 103 Å². The zero-order chi connectivity index (χ0) is 20.7. The quantitative estimate of drug-likeness (QED) is 0.652. The van der Waals surface area contributed by atoms with Gasteiger partial charge in [-0.25, -0.2) is 14.0 Å². The molecule has 0 radical (unpaired) electrons. The number of rotatable bonds is 8. The molecule has 0 saturated carbocycles. The third-order valence-corrected chi connectivity index (χ3v) is 4.09. The number of carbonyl (C=O) groups is 3. The molecule has 1 heterocycles. The fourth-order valence-corrected chi connectivity index (χ4v) is 2.77. The summed E-state index contributed by atoms with van der Waals surface area (Å²) in [4.78, 5) is 36.2. The Hall–Kier alpha value is -3.10. The minimum atomic E-state index is -0.638. The molecule has 1 aliphatic rings. The van der Waals surface area contributed by atoms with Crippen molar-refractivity contribution in [1.82, 2.24) is 10.6 Å². The molecule has 9 heteroatoms. The van der Waals surface area contributed by atoms with Gasteiger partial charge in [-0.05, 0) is 31.0 Å². The van der Waals surface area contributed by atoms with Gasteiger partial charge in [-0.15, -0.1) is 0 Å². The molecule has 1 aliphatic heterocycles. The maximum atomic E-state index is 13.7. The van der Waals surface area contributed by atoms with E-state index in [1.54, 1.807) is 19.9 Å². The van der Waals surface area contributed by atoms with Gasteiger partial charge in [0.1, 0.15) is 6.61 Å². The molecule has 0 aromatic heterocycles. The van der Waals surface area contributed by atoms with E-state index in [2.05, 4.69) is 10.6 Å². The molecular weight excluding hydrogens is 371 g/mol. The highest BCUT2D eigenvalue weighted by molar-refractivity contribution is 5.94. The Morgan fingerprint density at radius 3 is 2.57 bits per heavy atom. The number of methoxy groups -OCH3 is 1. The molecule has 2 amide bonds. The van der Waals surface area contributed by atoms with Gasteiger partial charge in [0.2, 0.25) is 0 Å². The van der Waals surface area contributed by atoms with E-state index in [-0.39, 0.29) is 36.7 Å². The van der Waals surface area contributed by atoms with Gasteiger partial charge in [-0.1, -0.05) is 13.0 Å². The summed E-state index contributed by atoms with van der Waals surface area (Å²) in [6, 6.07) is 3.10. The maximum absolute atomic E-state index is 13.7. The van der Waals surface area contributed by atoms with Gasteiger partial charge in [-0.2, -0.15) is 0 Å². The second kappa shape index (κ2) is 9.72. The van der Waals surface area contributed by atoms with E-state index in [0.717, 1.165) is 0 Å². The van der Waals surface area contributed by atoms with Gasteiger partial charge in [0, 0.05) is 0 Å². The first-order valence-corrected chi connectivity index (χ1v) is 8.85. The van der Waals surface area contributed by atoms with Crippen LogP contribution in [0.3, 0.4) is 0 Å². The molecule has 1 aromatic carbocycles. The molecule has 1 aromatic rings. The Labute approximate surface area is 162 Å². The zero-order valence-corrected chi connectivity index (χ0v) is 16.0. The van der Waals surface area contributed by atoms with Crippen molar-refractivity contribution in [3.05, 3.63) is 40.8 Å². The number of benzene rings is 1. The van der Waals surface area contributed by atoms with Crippen LogP contribution in [0.1, 0.15) is 25.8 Å². The average molecular weight is 394 g/mol. The average Bonchev–Trinajstić information content (AvgIpc) is 2.66. The molecule has 0 fully saturated rings. The summed E-state index contributed by atoms with van der Waals surface area (Å²) < 4.78 is 28.8. The third kappa shape index (κ3) is 5.21. The van der Waals surface area contributed by atoms with E-state index >= 15 is 0 Å². The van der Waals surface area contributed by atoms with Crippen molar-refractivity contribution in [3.8, 4) is 5.75 Å². The van der Waals surface area contributed by atoms with Crippen molar-refractivity contribution >= 4 is 18.0 Å². The van der Waals surface area contributed by atoms with E-state index in [1.165, 1.54) is 19.2 Å². The van der Waals surface area contributed by atoms with Crippen LogP contribution in [0.5, 0.6) is 5.75 Å². The Bertz CT molecular complexity index is 793. The van der Waals surface area contributed by atoms with Crippen LogP contribution < -0.4 is 15.4 Å². The fourth-order valence-electron chi connectivity index (χ4n) is 2.77. The van der Waals surface area contributed by atoms with Gasteiger partial charge < -0.3 is 24.8 Å². The number of halogens is 1. The second-order valence-corrected chi connectivity index (χ2v) is 5.98.